The Labute approximate surface area is 152 Å². The van der Waals surface area contributed by atoms with E-state index in [0.29, 0.717) is 11.5 Å². The van der Waals surface area contributed by atoms with E-state index >= 15 is 0 Å². The van der Waals surface area contributed by atoms with Crippen molar-refractivity contribution < 1.29 is 23.1 Å². The second-order valence-electron chi connectivity index (χ2n) is 5.77. The minimum absolute atomic E-state index is 0.0815. The fourth-order valence-corrected chi connectivity index (χ4v) is 3.74. The van der Waals surface area contributed by atoms with Crippen LogP contribution >= 0.6 is 11.3 Å². The number of nitrogens with zero attached hydrogens (tertiary/aromatic N) is 1. The third-order valence-corrected chi connectivity index (χ3v) is 4.84. The summed E-state index contributed by atoms with van der Waals surface area (Å²) in [6, 6.07) is 6.28. The van der Waals surface area contributed by atoms with Crippen LogP contribution < -0.4 is 20.7 Å². The third kappa shape index (κ3) is 4.10. The molecule has 0 spiro atoms. The van der Waals surface area contributed by atoms with Crippen molar-refractivity contribution in [1.29, 1.82) is 0 Å². The smallest absolute Gasteiger partial charge is 0.387 e. The minimum atomic E-state index is -2.87. The highest BCUT2D eigenvalue weighted by atomic mass is 32.1. The molecule has 1 aromatic carbocycles. The molecule has 26 heavy (non-hydrogen) atoms. The van der Waals surface area contributed by atoms with Gasteiger partial charge in [0.1, 0.15) is 10.8 Å². The topological polar surface area (TPSA) is 84.7 Å². The van der Waals surface area contributed by atoms with Crippen molar-refractivity contribution in [3.8, 4) is 5.75 Å². The molecule has 9 heteroatoms. The summed E-state index contributed by atoms with van der Waals surface area (Å²) in [5.74, 6) is -0.776. The van der Waals surface area contributed by atoms with Gasteiger partial charge < -0.3 is 20.7 Å². The van der Waals surface area contributed by atoms with E-state index in [4.69, 9.17) is 5.73 Å². The van der Waals surface area contributed by atoms with Crippen molar-refractivity contribution in [3.63, 3.8) is 0 Å². The van der Waals surface area contributed by atoms with Crippen LogP contribution in [-0.2, 0) is 11.2 Å². The van der Waals surface area contributed by atoms with E-state index in [9.17, 15) is 18.4 Å². The van der Waals surface area contributed by atoms with Gasteiger partial charge in [-0.05, 0) is 48.1 Å². The monoisotopic (exact) mass is 381 g/mol. The lowest BCUT2D eigenvalue weighted by Crippen LogP contribution is -2.36. The number of aryl methyl sites for hydroxylation is 1. The maximum Gasteiger partial charge on any atom is 0.387 e. The van der Waals surface area contributed by atoms with Crippen molar-refractivity contribution in [2.75, 3.05) is 23.3 Å². The number of nitrogens with two attached hydrogens (primary N) is 1. The number of alkyl halides is 2. The van der Waals surface area contributed by atoms with E-state index in [1.807, 2.05) is 4.90 Å². The van der Waals surface area contributed by atoms with E-state index in [1.165, 1.54) is 17.4 Å². The predicted octanol–water partition coefficient (Wildman–Crippen LogP) is 2.84. The molecule has 1 aliphatic heterocycles. The summed E-state index contributed by atoms with van der Waals surface area (Å²) in [7, 11) is 0. The number of carbonyl (C=O) groups excluding carboxylic acids is 2. The van der Waals surface area contributed by atoms with E-state index in [2.05, 4.69) is 10.1 Å². The zero-order valence-corrected chi connectivity index (χ0v) is 14.5. The first kappa shape index (κ1) is 18.1. The number of anilines is 2. The van der Waals surface area contributed by atoms with Gasteiger partial charge in [0.2, 0.25) is 5.91 Å². The average molecular weight is 381 g/mol. The zero-order valence-electron chi connectivity index (χ0n) is 13.7. The quantitative estimate of drug-likeness (QED) is 0.806. The molecule has 0 aliphatic carbocycles. The van der Waals surface area contributed by atoms with Crippen LogP contribution in [0.5, 0.6) is 5.75 Å². The number of amides is 2. The summed E-state index contributed by atoms with van der Waals surface area (Å²) in [5, 5.41) is 4.79. The van der Waals surface area contributed by atoms with E-state index in [0.717, 1.165) is 24.1 Å². The summed E-state index contributed by atoms with van der Waals surface area (Å²) in [6.07, 6.45) is 1.52. The first-order valence-electron chi connectivity index (χ1n) is 7.94. The third-order valence-electron chi connectivity index (χ3n) is 4.01. The zero-order chi connectivity index (χ0) is 18.7. The number of carbonyl (C=O) groups is 2. The van der Waals surface area contributed by atoms with Crippen molar-refractivity contribution >= 4 is 33.8 Å². The lowest BCUT2D eigenvalue weighted by Gasteiger charge is -2.31. The van der Waals surface area contributed by atoms with Gasteiger partial charge in [-0.2, -0.15) is 8.78 Å². The maximum atomic E-state index is 12.4. The summed E-state index contributed by atoms with van der Waals surface area (Å²) in [6.45, 7) is -2.12. The van der Waals surface area contributed by atoms with Crippen molar-refractivity contribution in [3.05, 3.63) is 40.8 Å². The van der Waals surface area contributed by atoms with Crippen LogP contribution in [0.1, 0.15) is 22.3 Å². The lowest BCUT2D eigenvalue weighted by atomic mass is 10.0. The van der Waals surface area contributed by atoms with Gasteiger partial charge in [-0.15, -0.1) is 11.3 Å². The molecule has 0 radical (unpaired) electrons. The number of fused-ring (bicyclic) bond motifs is 1. The second-order valence-corrected chi connectivity index (χ2v) is 6.69. The van der Waals surface area contributed by atoms with Crippen LogP contribution in [0, 0.1) is 0 Å². The van der Waals surface area contributed by atoms with E-state index < -0.39 is 12.5 Å². The molecule has 1 aliphatic rings. The molecule has 0 atom stereocenters. The molecule has 2 heterocycles. The van der Waals surface area contributed by atoms with Crippen molar-refractivity contribution in [2.24, 2.45) is 5.73 Å². The number of thiophene rings is 1. The Kier molecular flexibility index (Phi) is 5.36. The van der Waals surface area contributed by atoms with Crippen LogP contribution in [-0.4, -0.2) is 31.5 Å². The lowest BCUT2D eigenvalue weighted by molar-refractivity contribution is -0.115. The first-order valence-corrected chi connectivity index (χ1v) is 8.82. The highest BCUT2D eigenvalue weighted by Gasteiger charge is 2.21. The number of nitrogens with one attached hydrogen (secondary N) is 1. The number of hydrogen-bond acceptors (Lipinski definition) is 5. The molecule has 138 valence electrons. The Morgan fingerprint density at radius 1 is 1.35 bits per heavy atom. The van der Waals surface area contributed by atoms with Crippen molar-refractivity contribution in [1.82, 2.24) is 0 Å². The Balaban J connectivity index is 1.70. The van der Waals surface area contributed by atoms with E-state index in [-0.39, 0.29) is 23.8 Å². The Hall–Kier alpha value is -2.68. The molecule has 1 aromatic heterocycles. The van der Waals surface area contributed by atoms with Gasteiger partial charge in [0.05, 0.1) is 12.1 Å². The molecule has 2 amide bonds. The van der Waals surface area contributed by atoms with Crippen LogP contribution in [0.25, 0.3) is 0 Å². The molecular formula is C17H17F2N3O3S. The van der Waals surface area contributed by atoms with E-state index in [1.54, 1.807) is 23.6 Å². The largest absolute Gasteiger partial charge is 0.435 e. The fraction of sp³-hybridized carbons (Fsp3) is 0.294. The van der Waals surface area contributed by atoms with Gasteiger partial charge in [-0.25, -0.2) is 0 Å². The highest BCUT2D eigenvalue weighted by molar-refractivity contribution is 7.14. The summed E-state index contributed by atoms with van der Waals surface area (Å²) in [5.41, 5.74) is 7.22. The minimum Gasteiger partial charge on any atom is -0.435 e. The van der Waals surface area contributed by atoms with Gasteiger partial charge >= 0.3 is 6.61 Å². The SMILES string of the molecule is NC(=O)c1ccsc1NC(=O)CN1CCCc2cc(OC(F)F)ccc21. The summed E-state index contributed by atoms with van der Waals surface area (Å²) >= 11 is 1.22. The summed E-state index contributed by atoms with van der Waals surface area (Å²) in [4.78, 5) is 25.6. The number of halogens is 2. The first-order chi connectivity index (χ1) is 12.4. The van der Waals surface area contributed by atoms with Crippen LogP contribution in [0.3, 0.4) is 0 Å². The number of ether oxygens (including phenoxy) is 1. The molecule has 0 bridgehead atoms. The predicted molar refractivity (Wildman–Crippen MR) is 95.1 cm³/mol. The fourth-order valence-electron chi connectivity index (χ4n) is 2.93. The Morgan fingerprint density at radius 2 is 2.15 bits per heavy atom. The van der Waals surface area contributed by atoms with Gasteiger partial charge in [0, 0.05) is 12.2 Å². The normalized spacial score (nSPS) is 13.4. The Morgan fingerprint density at radius 3 is 2.88 bits per heavy atom. The second kappa shape index (κ2) is 7.69. The molecule has 0 unspecified atom stereocenters. The van der Waals surface area contributed by atoms with Gasteiger partial charge in [0.25, 0.3) is 5.91 Å². The highest BCUT2D eigenvalue weighted by Crippen LogP contribution is 2.31. The number of hydrogen-bond donors (Lipinski definition) is 2. The van der Waals surface area contributed by atoms with Crippen LogP contribution in [0.4, 0.5) is 19.5 Å². The standard InChI is InChI=1S/C17H17F2N3O3S/c18-17(19)25-11-3-4-13-10(8-11)2-1-6-22(13)9-14(23)21-16-12(15(20)24)5-7-26-16/h3-5,7-8,17H,1-2,6,9H2,(H2,20,24)(H,21,23). The van der Waals surface area contributed by atoms with Gasteiger partial charge in [0.15, 0.2) is 0 Å². The number of benzene rings is 1. The molecule has 3 N–H and O–H groups in total. The van der Waals surface area contributed by atoms with Crippen LogP contribution in [0.15, 0.2) is 29.6 Å². The molecule has 0 saturated heterocycles. The molecule has 3 rings (SSSR count). The van der Waals surface area contributed by atoms with Gasteiger partial charge in [-0.3, -0.25) is 9.59 Å². The Bertz CT molecular complexity index is 825. The van der Waals surface area contributed by atoms with Gasteiger partial charge in [-0.1, -0.05) is 0 Å². The molecule has 0 fully saturated rings. The average Bonchev–Trinajstić information content (AvgIpc) is 3.02. The van der Waals surface area contributed by atoms with Crippen LogP contribution in [0.2, 0.25) is 0 Å². The number of rotatable bonds is 6. The number of primary amides is 1. The maximum absolute atomic E-state index is 12.4. The summed E-state index contributed by atoms with van der Waals surface area (Å²) < 4.78 is 29.1. The molecule has 2 aromatic rings. The van der Waals surface area contributed by atoms with Crippen molar-refractivity contribution in [2.45, 2.75) is 19.5 Å². The molecular weight excluding hydrogens is 364 g/mol. The molecule has 6 nitrogen and oxygen atoms in total. The molecule has 0 saturated carbocycles.